The Kier molecular flexibility index (Phi) is 6.46. The molecule has 1 aliphatic rings. The third-order valence-electron chi connectivity index (χ3n) is 5.80. The predicted octanol–water partition coefficient (Wildman–Crippen LogP) is 4.88. The lowest BCUT2D eigenvalue weighted by molar-refractivity contribution is 0.103. The monoisotopic (exact) mass is 416 g/mol. The average Bonchev–Trinajstić information content (AvgIpc) is 3.10. The van der Waals surface area contributed by atoms with Crippen LogP contribution in [0.1, 0.15) is 65.7 Å². The number of nitrogens with two attached hydrogens (primary N) is 1. The van der Waals surface area contributed by atoms with E-state index in [9.17, 15) is 4.79 Å². The number of aromatic nitrogens is 1. The van der Waals surface area contributed by atoms with Gasteiger partial charge in [-0.05, 0) is 24.5 Å². The van der Waals surface area contributed by atoms with E-state index in [0.29, 0.717) is 23.0 Å². The summed E-state index contributed by atoms with van der Waals surface area (Å²) in [6.07, 6.45) is 4.74. The van der Waals surface area contributed by atoms with Crippen molar-refractivity contribution < 1.29 is 9.32 Å². The van der Waals surface area contributed by atoms with Crippen LogP contribution in [-0.2, 0) is 0 Å². The summed E-state index contributed by atoms with van der Waals surface area (Å²) in [4.78, 5) is 19.3. The first-order valence-corrected chi connectivity index (χ1v) is 10.9. The summed E-state index contributed by atoms with van der Waals surface area (Å²) in [6, 6.07) is 18.8. The summed E-state index contributed by atoms with van der Waals surface area (Å²) < 4.78 is 5.44. The van der Waals surface area contributed by atoms with Crippen LogP contribution in [0.4, 0.5) is 5.88 Å². The molecule has 6 heteroatoms. The van der Waals surface area contributed by atoms with Crippen molar-refractivity contribution in [1.82, 2.24) is 10.1 Å². The number of hydrogen-bond acceptors (Lipinski definition) is 4. The largest absolute Gasteiger partial charge is 0.369 e. The van der Waals surface area contributed by atoms with Gasteiger partial charge in [-0.2, -0.15) is 4.99 Å². The molecule has 2 heterocycles. The fourth-order valence-electron chi connectivity index (χ4n) is 3.90. The Bertz CT molecular complexity index is 1050. The number of benzene rings is 2. The topological polar surface area (TPSA) is 84.7 Å². The van der Waals surface area contributed by atoms with Gasteiger partial charge in [0.15, 0.2) is 11.7 Å². The molecule has 0 aliphatic carbocycles. The van der Waals surface area contributed by atoms with Gasteiger partial charge in [0.25, 0.3) is 5.88 Å². The van der Waals surface area contributed by atoms with Crippen LogP contribution in [0.15, 0.2) is 70.2 Å². The molecule has 1 saturated heterocycles. The van der Waals surface area contributed by atoms with Crippen molar-refractivity contribution in [3.8, 4) is 0 Å². The highest BCUT2D eigenvalue weighted by Gasteiger charge is 2.17. The van der Waals surface area contributed by atoms with Crippen molar-refractivity contribution in [2.45, 2.75) is 38.5 Å². The lowest BCUT2D eigenvalue weighted by Crippen LogP contribution is -2.37. The van der Waals surface area contributed by atoms with Gasteiger partial charge >= 0.3 is 0 Å². The Morgan fingerprint density at radius 1 is 1.00 bits per heavy atom. The highest BCUT2D eigenvalue weighted by atomic mass is 16.5. The van der Waals surface area contributed by atoms with Gasteiger partial charge in [-0.1, -0.05) is 73.5 Å². The van der Waals surface area contributed by atoms with Crippen molar-refractivity contribution in [1.29, 1.82) is 0 Å². The SMILES string of the molecule is CC(c1cccc(C(=O)c2ccccc2)c1)c1cc(N=C(N)N2CCCCCC2)on1. The molecule has 6 nitrogen and oxygen atoms in total. The second-order valence-electron chi connectivity index (χ2n) is 8.00. The number of likely N-dealkylation sites (tertiary alicyclic amines) is 1. The third kappa shape index (κ3) is 5.02. The highest BCUT2D eigenvalue weighted by Crippen LogP contribution is 2.27. The lowest BCUT2D eigenvalue weighted by atomic mass is 9.94. The maximum absolute atomic E-state index is 12.8. The van der Waals surface area contributed by atoms with Gasteiger partial charge in [-0.3, -0.25) is 4.79 Å². The molecule has 0 radical (unpaired) electrons. The molecule has 1 atom stereocenters. The first-order chi connectivity index (χ1) is 15.1. The van der Waals surface area contributed by atoms with Crippen molar-refractivity contribution in [2.24, 2.45) is 10.7 Å². The van der Waals surface area contributed by atoms with Gasteiger partial charge in [0.05, 0.1) is 5.69 Å². The number of hydrogen-bond donors (Lipinski definition) is 1. The van der Waals surface area contributed by atoms with Gasteiger partial charge in [0, 0.05) is 36.2 Å². The number of carbonyl (C=O) groups excluding carboxylic acids is 1. The van der Waals surface area contributed by atoms with Crippen LogP contribution in [0.5, 0.6) is 0 Å². The zero-order valence-corrected chi connectivity index (χ0v) is 17.8. The lowest BCUT2D eigenvalue weighted by Gasteiger charge is -2.20. The van der Waals surface area contributed by atoms with Crippen LogP contribution < -0.4 is 5.73 Å². The van der Waals surface area contributed by atoms with Gasteiger partial charge in [-0.15, -0.1) is 0 Å². The van der Waals surface area contributed by atoms with E-state index in [1.165, 1.54) is 12.8 Å². The second kappa shape index (κ2) is 9.60. The fraction of sp³-hybridized carbons (Fsp3) is 0.320. The van der Waals surface area contributed by atoms with Gasteiger partial charge in [0.1, 0.15) is 0 Å². The average molecular weight is 417 g/mol. The number of aliphatic imine (C=N–C) groups is 1. The van der Waals surface area contributed by atoms with E-state index in [-0.39, 0.29) is 11.7 Å². The smallest absolute Gasteiger partial charge is 0.253 e. The molecule has 160 valence electrons. The Labute approximate surface area is 182 Å². The van der Waals surface area contributed by atoms with Crippen LogP contribution >= 0.6 is 0 Å². The minimum Gasteiger partial charge on any atom is -0.369 e. The molecule has 2 N–H and O–H groups in total. The summed E-state index contributed by atoms with van der Waals surface area (Å²) in [5, 5.41) is 4.20. The highest BCUT2D eigenvalue weighted by molar-refractivity contribution is 6.09. The number of ketones is 1. The minimum atomic E-state index is -0.0457. The van der Waals surface area contributed by atoms with Crippen molar-refractivity contribution >= 4 is 17.6 Å². The van der Waals surface area contributed by atoms with E-state index in [1.54, 1.807) is 0 Å². The summed E-state index contributed by atoms with van der Waals surface area (Å²) in [6.45, 7) is 3.89. The molecular formula is C25H28N4O2. The molecule has 4 rings (SSSR count). The van der Waals surface area contributed by atoms with E-state index in [0.717, 1.165) is 37.2 Å². The molecule has 1 aromatic heterocycles. The zero-order chi connectivity index (χ0) is 21.6. The van der Waals surface area contributed by atoms with E-state index in [1.807, 2.05) is 67.6 Å². The quantitative estimate of drug-likeness (QED) is 0.364. The molecule has 31 heavy (non-hydrogen) atoms. The van der Waals surface area contributed by atoms with Crippen molar-refractivity contribution in [3.63, 3.8) is 0 Å². The molecule has 0 amide bonds. The maximum atomic E-state index is 12.8. The maximum Gasteiger partial charge on any atom is 0.253 e. The van der Waals surface area contributed by atoms with Crippen LogP contribution in [-0.4, -0.2) is 34.9 Å². The van der Waals surface area contributed by atoms with Gasteiger partial charge in [0.2, 0.25) is 0 Å². The van der Waals surface area contributed by atoms with E-state index >= 15 is 0 Å². The van der Waals surface area contributed by atoms with Crippen LogP contribution in [0, 0.1) is 0 Å². The second-order valence-corrected chi connectivity index (χ2v) is 8.00. The molecule has 2 aromatic carbocycles. The summed E-state index contributed by atoms with van der Waals surface area (Å²) in [5.41, 5.74) is 9.28. The molecule has 0 saturated carbocycles. The Hall–Kier alpha value is -3.41. The molecule has 1 fully saturated rings. The van der Waals surface area contributed by atoms with E-state index in [2.05, 4.69) is 15.0 Å². The van der Waals surface area contributed by atoms with Crippen LogP contribution in [0.25, 0.3) is 0 Å². The standard InChI is InChI=1S/C25H28N4O2/c1-18(20-12-9-13-21(16-20)24(30)19-10-5-4-6-11-19)22-17-23(31-28-22)27-25(26)29-14-7-2-3-8-15-29/h4-6,9-13,16-18H,2-3,7-8,14-15H2,1H3,(H2,26,27). The molecular weight excluding hydrogens is 388 g/mol. The summed E-state index contributed by atoms with van der Waals surface area (Å²) >= 11 is 0. The van der Waals surface area contributed by atoms with Gasteiger partial charge < -0.3 is 15.2 Å². The molecule has 0 bridgehead atoms. The predicted molar refractivity (Wildman–Crippen MR) is 122 cm³/mol. The van der Waals surface area contributed by atoms with Crippen molar-refractivity contribution in [2.75, 3.05) is 13.1 Å². The number of guanidine groups is 1. The first kappa shape index (κ1) is 20.8. The molecule has 1 unspecified atom stereocenters. The van der Waals surface area contributed by atoms with Crippen LogP contribution in [0.2, 0.25) is 0 Å². The van der Waals surface area contributed by atoms with Gasteiger partial charge in [-0.25, -0.2) is 0 Å². The normalized spacial score (nSPS) is 16.0. The Balaban J connectivity index is 1.50. The Morgan fingerprint density at radius 3 is 2.45 bits per heavy atom. The molecule has 3 aromatic rings. The fourth-order valence-corrected chi connectivity index (χ4v) is 3.90. The Morgan fingerprint density at radius 2 is 1.71 bits per heavy atom. The van der Waals surface area contributed by atoms with Crippen LogP contribution in [0.3, 0.4) is 0 Å². The molecule has 1 aliphatic heterocycles. The number of rotatable bonds is 5. The summed E-state index contributed by atoms with van der Waals surface area (Å²) in [5.74, 6) is 0.841. The number of nitrogens with zero attached hydrogens (tertiary/aromatic N) is 3. The van der Waals surface area contributed by atoms with Crippen molar-refractivity contribution in [3.05, 3.63) is 83.0 Å². The first-order valence-electron chi connectivity index (χ1n) is 10.9. The molecule has 0 spiro atoms. The third-order valence-corrected chi connectivity index (χ3v) is 5.80. The van der Waals surface area contributed by atoms with E-state index in [4.69, 9.17) is 10.3 Å². The van der Waals surface area contributed by atoms with E-state index < -0.39 is 0 Å². The minimum absolute atomic E-state index is 0.00492. The summed E-state index contributed by atoms with van der Waals surface area (Å²) in [7, 11) is 0. The number of carbonyl (C=O) groups is 1. The zero-order valence-electron chi connectivity index (χ0n) is 17.8.